The monoisotopic (exact) mass is 580 g/mol. The van der Waals surface area contributed by atoms with Crippen LogP contribution in [0.1, 0.15) is 32.1 Å². The molecule has 0 atom stereocenters. The Balaban J connectivity index is 1.48. The van der Waals surface area contributed by atoms with E-state index in [1.807, 2.05) is 0 Å². The van der Waals surface area contributed by atoms with Crippen molar-refractivity contribution in [1.82, 2.24) is 34.8 Å². The average Bonchev–Trinajstić information content (AvgIpc) is 3.38. The average molecular weight is 581 g/mol. The number of aryl methyl sites for hydroxylation is 1. The highest BCUT2D eigenvalue weighted by Gasteiger charge is 2.37. The fourth-order valence-corrected chi connectivity index (χ4v) is 4.61. The number of halogens is 3. The third-order valence-corrected chi connectivity index (χ3v) is 6.55. The van der Waals surface area contributed by atoms with Gasteiger partial charge in [-0.25, -0.2) is 14.8 Å². The number of nitrogens with two attached hydrogens (primary N) is 1. The van der Waals surface area contributed by atoms with Crippen molar-refractivity contribution in [2.75, 3.05) is 36.4 Å². The summed E-state index contributed by atoms with van der Waals surface area (Å²) < 4.78 is 41.6. The standard InChI is InChI=1S/C26H23F3N10O3/c1-15-13-19(36-39(15)24(30)42)17-14-33-35-20(22(40)34-25-31-7-4-8-32-25)21(17)37-9-11-38(12-10-37)23(41)16-5-2-3-6-18(16)26(27,28)29/h2-8,13-14H,9-12H2,1H3,(H2,30,42)(H,31,32,34,40). The Labute approximate surface area is 236 Å². The Bertz CT molecular complexity index is 1650. The van der Waals surface area contributed by atoms with E-state index in [2.05, 4.69) is 30.6 Å². The van der Waals surface area contributed by atoms with Crippen LogP contribution in [0, 0.1) is 6.92 Å². The number of carbonyl (C=O) groups excluding carboxylic acids is 3. The molecule has 0 radical (unpaired) electrons. The van der Waals surface area contributed by atoms with Crippen LogP contribution in [0.3, 0.4) is 0 Å². The van der Waals surface area contributed by atoms with Gasteiger partial charge in [-0.2, -0.15) is 28.1 Å². The lowest BCUT2D eigenvalue weighted by Crippen LogP contribution is -2.49. The van der Waals surface area contributed by atoms with Gasteiger partial charge in [-0.3, -0.25) is 14.9 Å². The van der Waals surface area contributed by atoms with Crippen molar-refractivity contribution in [2.45, 2.75) is 13.1 Å². The summed E-state index contributed by atoms with van der Waals surface area (Å²) in [6, 6.07) is 6.97. The van der Waals surface area contributed by atoms with Gasteiger partial charge in [0.05, 0.1) is 28.7 Å². The molecule has 1 aromatic carbocycles. The normalized spacial score (nSPS) is 13.6. The number of benzene rings is 1. The summed E-state index contributed by atoms with van der Waals surface area (Å²) in [5, 5.41) is 14.8. The molecule has 0 aliphatic carbocycles. The van der Waals surface area contributed by atoms with Crippen LogP contribution in [-0.2, 0) is 6.18 Å². The minimum atomic E-state index is -4.69. The Morgan fingerprint density at radius 1 is 1.00 bits per heavy atom. The van der Waals surface area contributed by atoms with Gasteiger partial charge < -0.3 is 15.5 Å². The number of nitrogens with one attached hydrogen (secondary N) is 1. The first-order valence-electron chi connectivity index (χ1n) is 12.6. The zero-order chi connectivity index (χ0) is 30.0. The number of rotatable bonds is 5. The van der Waals surface area contributed by atoms with Crippen molar-refractivity contribution >= 4 is 29.5 Å². The van der Waals surface area contributed by atoms with Crippen molar-refractivity contribution in [2.24, 2.45) is 5.73 Å². The van der Waals surface area contributed by atoms with Gasteiger partial charge in [0.1, 0.15) is 0 Å². The number of primary amides is 1. The third-order valence-electron chi connectivity index (χ3n) is 6.55. The van der Waals surface area contributed by atoms with Gasteiger partial charge in [0, 0.05) is 49.8 Å². The van der Waals surface area contributed by atoms with Crippen molar-refractivity contribution in [1.29, 1.82) is 0 Å². The van der Waals surface area contributed by atoms with Gasteiger partial charge in [0.2, 0.25) is 5.95 Å². The Morgan fingerprint density at radius 2 is 1.69 bits per heavy atom. The second-order valence-corrected chi connectivity index (χ2v) is 9.23. The van der Waals surface area contributed by atoms with Crippen LogP contribution in [0.5, 0.6) is 0 Å². The van der Waals surface area contributed by atoms with Gasteiger partial charge in [-0.05, 0) is 31.2 Å². The van der Waals surface area contributed by atoms with Crippen LogP contribution in [-0.4, -0.2) is 78.9 Å². The first-order valence-corrected chi connectivity index (χ1v) is 12.6. The number of hydrogen-bond acceptors (Lipinski definition) is 9. The minimum Gasteiger partial charge on any atom is -0.365 e. The van der Waals surface area contributed by atoms with E-state index in [9.17, 15) is 27.6 Å². The first kappa shape index (κ1) is 28.1. The predicted molar refractivity (Wildman–Crippen MR) is 143 cm³/mol. The van der Waals surface area contributed by atoms with Crippen LogP contribution in [0.4, 0.5) is 29.6 Å². The molecule has 1 fully saturated rings. The molecule has 1 aliphatic heterocycles. The molecule has 16 heteroatoms. The van der Waals surface area contributed by atoms with Gasteiger partial charge in [-0.15, -0.1) is 5.10 Å². The molecule has 1 saturated heterocycles. The lowest BCUT2D eigenvalue weighted by atomic mass is 10.0. The minimum absolute atomic E-state index is 0.0215. The van der Waals surface area contributed by atoms with E-state index in [1.165, 1.54) is 35.6 Å². The molecule has 4 aromatic rings. The summed E-state index contributed by atoms with van der Waals surface area (Å²) >= 11 is 0. The van der Waals surface area contributed by atoms with E-state index < -0.39 is 35.1 Å². The lowest BCUT2D eigenvalue weighted by molar-refractivity contribution is -0.138. The van der Waals surface area contributed by atoms with Gasteiger partial charge >= 0.3 is 12.2 Å². The zero-order valence-electron chi connectivity index (χ0n) is 22.0. The number of alkyl halides is 3. The van der Waals surface area contributed by atoms with E-state index in [0.29, 0.717) is 11.3 Å². The third kappa shape index (κ3) is 5.59. The topological polar surface area (TPSA) is 165 Å². The van der Waals surface area contributed by atoms with Gasteiger partial charge in [-0.1, -0.05) is 12.1 Å². The summed E-state index contributed by atoms with van der Waals surface area (Å²) in [7, 11) is 0. The molecular weight excluding hydrogens is 557 g/mol. The second kappa shape index (κ2) is 11.2. The smallest absolute Gasteiger partial charge is 0.365 e. The number of nitrogens with zero attached hydrogens (tertiary/aromatic N) is 8. The molecule has 3 N–H and O–H groups in total. The highest BCUT2D eigenvalue weighted by Crippen LogP contribution is 2.35. The Morgan fingerprint density at radius 3 is 2.33 bits per heavy atom. The van der Waals surface area contributed by atoms with E-state index in [4.69, 9.17) is 5.73 Å². The zero-order valence-corrected chi connectivity index (χ0v) is 22.0. The molecular formula is C26H23F3N10O3. The second-order valence-electron chi connectivity index (χ2n) is 9.23. The van der Waals surface area contributed by atoms with E-state index in [0.717, 1.165) is 16.8 Å². The molecule has 5 rings (SSSR count). The number of anilines is 2. The van der Waals surface area contributed by atoms with Crippen molar-refractivity contribution in [3.8, 4) is 11.3 Å². The summed E-state index contributed by atoms with van der Waals surface area (Å²) in [6.45, 7) is 1.99. The SMILES string of the molecule is Cc1cc(-c2cnnc(C(=O)Nc3ncccn3)c2N2CCN(C(=O)c3ccccc3C(F)(F)F)CC2)nn1C(N)=O. The quantitative estimate of drug-likeness (QED) is 0.361. The highest BCUT2D eigenvalue weighted by molar-refractivity contribution is 6.08. The Hall–Kier alpha value is -5.41. The van der Waals surface area contributed by atoms with Crippen LogP contribution < -0.4 is 16.0 Å². The molecule has 1 aliphatic rings. The molecule has 42 heavy (non-hydrogen) atoms. The van der Waals surface area contributed by atoms with Crippen molar-refractivity contribution < 1.29 is 27.6 Å². The largest absolute Gasteiger partial charge is 0.417 e. The van der Waals surface area contributed by atoms with Crippen molar-refractivity contribution in [3.63, 3.8) is 0 Å². The fourth-order valence-electron chi connectivity index (χ4n) is 4.61. The summed E-state index contributed by atoms with van der Waals surface area (Å²) in [6.07, 6.45) is -0.436. The molecule has 0 bridgehead atoms. The molecule has 0 unspecified atom stereocenters. The number of piperazine rings is 1. The van der Waals surface area contributed by atoms with Gasteiger partial charge in [0.25, 0.3) is 11.8 Å². The fraction of sp³-hybridized carbons (Fsp3) is 0.231. The number of carbonyl (C=O) groups is 3. The highest BCUT2D eigenvalue weighted by atomic mass is 19.4. The number of hydrogen-bond donors (Lipinski definition) is 2. The van der Waals surface area contributed by atoms with E-state index in [1.54, 1.807) is 24.0 Å². The predicted octanol–water partition coefficient (Wildman–Crippen LogP) is 2.60. The van der Waals surface area contributed by atoms with Crippen molar-refractivity contribution in [3.05, 3.63) is 77.5 Å². The van der Waals surface area contributed by atoms with Crippen LogP contribution >= 0.6 is 0 Å². The molecule has 3 aromatic heterocycles. The maximum Gasteiger partial charge on any atom is 0.417 e. The van der Waals surface area contributed by atoms with E-state index in [-0.39, 0.29) is 49.2 Å². The molecule has 216 valence electrons. The van der Waals surface area contributed by atoms with Crippen LogP contribution in [0.2, 0.25) is 0 Å². The first-order chi connectivity index (χ1) is 20.0. The lowest BCUT2D eigenvalue weighted by Gasteiger charge is -2.37. The number of aromatic nitrogens is 6. The summed E-state index contributed by atoms with van der Waals surface area (Å²) in [4.78, 5) is 49.4. The van der Waals surface area contributed by atoms with Crippen LogP contribution in [0.15, 0.2) is 55.0 Å². The maximum absolute atomic E-state index is 13.5. The molecule has 0 saturated carbocycles. The molecule has 0 spiro atoms. The summed E-state index contributed by atoms with van der Waals surface area (Å²) in [5.74, 6) is -1.42. The summed E-state index contributed by atoms with van der Waals surface area (Å²) in [5.41, 5.74) is 5.18. The Kier molecular flexibility index (Phi) is 7.52. The number of amides is 3. The van der Waals surface area contributed by atoms with E-state index >= 15 is 0 Å². The molecule has 3 amide bonds. The maximum atomic E-state index is 13.5. The molecule has 4 heterocycles. The van der Waals surface area contributed by atoms with Gasteiger partial charge in [0.15, 0.2) is 5.69 Å². The van der Waals surface area contributed by atoms with Crippen LogP contribution in [0.25, 0.3) is 11.3 Å². The molecule has 13 nitrogen and oxygen atoms in total.